The standard InChI is InChI=1S/C24H29N7O.HI/c1-25-24(28-15-20-7-8-22(27-14-20)31-12-10-26-18-31)29-16-21-13-23(32)30(17-21)11-9-19-5-3-2-4-6-19;/h2-8,10,12,14,18,21H,9,11,13,15-17H2,1H3,(H2,25,28,29);1H. The lowest BCUT2D eigenvalue weighted by Gasteiger charge is -2.18. The molecule has 2 aromatic heterocycles. The van der Waals surface area contributed by atoms with Crippen molar-refractivity contribution in [3.8, 4) is 5.82 Å². The van der Waals surface area contributed by atoms with E-state index < -0.39 is 0 Å². The Bertz CT molecular complexity index is 1020. The van der Waals surface area contributed by atoms with Crippen LogP contribution in [-0.4, -0.2) is 58.0 Å². The number of aromatic nitrogens is 3. The van der Waals surface area contributed by atoms with Gasteiger partial charge in [0.05, 0.1) is 0 Å². The first-order valence-electron chi connectivity index (χ1n) is 10.9. The number of amides is 1. The number of pyridine rings is 1. The van der Waals surface area contributed by atoms with E-state index in [9.17, 15) is 4.79 Å². The van der Waals surface area contributed by atoms with E-state index >= 15 is 0 Å². The molecule has 1 fully saturated rings. The van der Waals surface area contributed by atoms with Crippen LogP contribution in [0, 0.1) is 5.92 Å². The van der Waals surface area contributed by atoms with Crippen LogP contribution >= 0.6 is 24.0 Å². The van der Waals surface area contributed by atoms with Crippen LogP contribution in [0.3, 0.4) is 0 Å². The average Bonchev–Trinajstić information content (AvgIpc) is 3.49. The van der Waals surface area contributed by atoms with Crippen molar-refractivity contribution in [2.45, 2.75) is 19.4 Å². The first-order valence-corrected chi connectivity index (χ1v) is 10.9. The SMILES string of the molecule is CN=C(NCc1ccc(-n2ccnc2)nc1)NCC1CC(=O)N(CCc2ccccc2)C1.I. The zero-order chi connectivity index (χ0) is 22.2. The Labute approximate surface area is 211 Å². The molecule has 9 heteroatoms. The van der Waals surface area contributed by atoms with Gasteiger partial charge in [-0.05, 0) is 23.6 Å². The number of hydrogen-bond donors (Lipinski definition) is 2. The Kier molecular flexibility index (Phi) is 9.23. The quantitative estimate of drug-likeness (QED) is 0.252. The highest BCUT2D eigenvalue weighted by Crippen LogP contribution is 2.17. The van der Waals surface area contributed by atoms with Crippen LogP contribution in [0.15, 0.2) is 72.4 Å². The molecule has 0 aliphatic carbocycles. The molecule has 0 spiro atoms. The number of likely N-dealkylation sites (tertiary alicyclic amines) is 1. The normalized spacial score (nSPS) is 15.9. The van der Waals surface area contributed by atoms with E-state index in [1.807, 2.05) is 52.2 Å². The summed E-state index contributed by atoms with van der Waals surface area (Å²) in [6.45, 7) is 2.89. The maximum Gasteiger partial charge on any atom is 0.223 e. The molecule has 1 saturated heterocycles. The van der Waals surface area contributed by atoms with E-state index in [0.29, 0.717) is 19.5 Å². The van der Waals surface area contributed by atoms with Gasteiger partial charge in [-0.2, -0.15) is 0 Å². The van der Waals surface area contributed by atoms with Gasteiger partial charge in [-0.1, -0.05) is 36.4 Å². The summed E-state index contributed by atoms with van der Waals surface area (Å²) in [4.78, 5) is 27.2. The minimum atomic E-state index is 0. The van der Waals surface area contributed by atoms with Crippen LogP contribution in [-0.2, 0) is 17.8 Å². The predicted octanol–water partition coefficient (Wildman–Crippen LogP) is 2.64. The van der Waals surface area contributed by atoms with E-state index in [-0.39, 0.29) is 35.8 Å². The summed E-state index contributed by atoms with van der Waals surface area (Å²) in [7, 11) is 1.75. The van der Waals surface area contributed by atoms with Crippen molar-refractivity contribution in [2.75, 3.05) is 26.7 Å². The van der Waals surface area contributed by atoms with E-state index in [1.54, 1.807) is 19.6 Å². The summed E-state index contributed by atoms with van der Waals surface area (Å²) in [5, 5.41) is 6.67. The average molecular weight is 559 g/mol. The molecule has 0 bridgehead atoms. The van der Waals surface area contributed by atoms with Crippen LogP contribution in [0.2, 0.25) is 0 Å². The lowest BCUT2D eigenvalue weighted by molar-refractivity contribution is -0.127. The number of carbonyl (C=O) groups is 1. The molecule has 4 rings (SSSR count). The van der Waals surface area contributed by atoms with E-state index in [4.69, 9.17) is 0 Å². The smallest absolute Gasteiger partial charge is 0.223 e. The molecule has 1 unspecified atom stereocenters. The number of carbonyl (C=O) groups excluding carboxylic acids is 1. The summed E-state index contributed by atoms with van der Waals surface area (Å²) in [5.74, 6) is 2.07. The molecule has 0 saturated carbocycles. The number of guanidine groups is 1. The third-order valence-electron chi connectivity index (χ3n) is 5.63. The first-order chi connectivity index (χ1) is 15.7. The molecule has 1 aliphatic rings. The Hall–Kier alpha value is -2.95. The van der Waals surface area contributed by atoms with Crippen molar-refractivity contribution in [1.82, 2.24) is 30.1 Å². The van der Waals surface area contributed by atoms with Gasteiger partial charge in [-0.25, -0.2) is 9.97 Å². The molecule has 1 amide bonds. The number of imidazole rings is 1. The Morgan fingerprint density at radius 1 is 1.15 bits per heavy atom. The number of halogens is 1. The van der Waals surface area contributed by atoms with E-state index in [2.05, 4.69) is 37.7 Å². The van der Waals surface area contributed by atoms with Gasteiger partial charge in [-0.15, -0.1) is 24.0 Å². The van der Waals surface area contributed by atoms with Crippen LogP contribution in [0.25, 0.3) is 5.82 Å². The van der Waals surface area contributed by atoms with Gasteiger partial charge < -0.3 is 15.5 Å². The largest absolute Gasteiger partial charge is 0.356 e. The molecular formula is C24H30IN7O. The Morgan fingerprint density at radius 3 is 2.70 bits per heavy atom. The molecule has 3 heterocycles. The fourth-order valence-electron chi connectivity index (χ4n) is 3.83. The lowest BCUT2D eigenvalue weighted by Crippen LogP contribution is -2.40. The van der Waals surface area contributed by atoms with Crippen molar-refractivity contribution in [3.05, 3.63) is 78.5 Å². The second-order valence-electron chi connectivity index (χ2n) is 7.95. The molecule has 33 heavy (non-hydrogen) atoms. The van der Waals surface area contributed by atoms with Crippen LogP contribution in [0.5, 0.6) is 0 Å². The van der Waals surface area contributed by atoms with Crippen molar-refractivity contribution in [3.63, 3.8) is 0 Å². The predicted molar refractivity (Wildman–Crippen MR) is 140 cm³/mol. The molecular weight excluding hydrogens is 529 g/mol. The third kappa shape index (κ3) is 7.01. The van der Waals surface area contributed by atoms with Gasteiger partial charge >= 0.3 is 0 Å². The highest BCUT2D eigenvalue weighted by Gasteiger charge is 2.29. The molecule has 3 aromatic rings. The molecule has 0 radical (unpaired) electrons. The molecule has 1 aliphatic heterocycles. The second kappa shape index (κ2) is 12.3. The van der Waals surface area contributed by atoms with Crippen molar-refractivity contribution in [1.29, 1.82) is 0 Å². The number of nitrogens with one attached hydrogen (secondary N) is 2. The summed E-state index contributed by atoms with van der Waals surface area (Å²) in [6.07, 6.45) is 8.64. The fraction of sp³-hybridized carbons (Fsp3) is 0.333. The fourth-order valence-corrected chi connectivity index (χ4v) is 3.83. The highest BCUT2D eigenvalue weighted by atomic mass is 127. The van der Waals surface area contributed by atoms with Gasteiger partial charge in [0, 0.05) is 64.2 Å². The Morgan fingerprint density at radius 2 is 2.00 bits per heavy atom. The van der Waals surface area contributed by atoms with Gasteiger partial charge in [-0.3, -0.25) is 14.4 Å². The topological polar surface area (TPSA) is 87.4 Å². The molecule has 174 valence electrons. The van der Waals surface area contributed by atoms with Gasteiger partial charge in [0.2, 0.25) is 5.91 Å². The van der Waals surface area contributed by atoms with Crippen LogP contribution < -0.4 is 10.6 Å². The number of nitrogens with zero attached hydrogens (tertiary/aromatic N) is 5. The molecule has 8 nitrogen and oxygen atoms in total. The second-order valence-corrected chi connectivity index (χ2v) is 7.95. The molecule has 2 N–H and O–H groups in total. The number of hydrogen-bond acceptors (Lipinski definition) is 4. The monoisotopic (exact) mass is 559 g/mol. The Balaban J connectivity index is 0.00000306. The minimum Gasteiger partial charge on any atom is -0.356 e. The zero-order valence-corrected chi connectivity index (χ0v) is 21.1. The highest BCUT2D eigenvalue weighted by molar-refractivity contribution is 14.0. The van der Waals surface area contributed by atoms with Crippen LogP contribution in [0.4, 0.5) is 0 Å². The zero-order valence-electron chi connectivity index (χ0n) is 18.7. The van der Waals surface area contributed by atoms with Crippen molar-refractivity contribution in [2.24, 2.45) is 10.9 Å². The summed E-state index contributed by atoms with van der Waals surface area (Å²) >= 11 is 0. The first kappa shape index (κ1) is 24.7. The third-order valence-corrected chi connectivity index (χ3v) is 5.63. The number of benzene rings is 1. The maximum absolute atomic E-state index is 12.4. The number of aliphatic imine (C=N–C) groups is 1. The number of rotatable bonds is 8. The van der Waals surface area contributed by atoms with Crippen molar-refractivity contribution < 1.29 is 4.79 Å². The summed E-state index contributed by atoms with van der Waals surface area (Å²) in [6, 6.07) is 14.3. The van der Waals surface area contributed by atoms with Gasteiger partial charge in [0.1, 0.15) is 12.1 Å². The summed E-state index contributed by atoms with van der Waals surface area (Å²) in [5.41, 5.74) is 2.32. The van der Waals surface area contributed by atoms with Crippen LogP contribution in [0.1, 0.15) is 17.5 Å². The minimum absolute atomic E-state index is 0. The van der Waals surface area contributed by atoms with E-state index in [0.717, 1.165) is 36.9 Å². The van der Waals surface area contributed by atoms with Gasteiger partial charge in [0.25, 0.3) is 0 Å². The molecule has 1 aromatic carbocycles. The maximum atomic E-state index is 12.4. The van der Waals surface area contributed by atoms with E-state index in [1.165, 1.54) is 5.56 Å². The lowest BCUT2D eigenvalue weighted by atomic mass is 10.1. The van der Waals surface area contributed by atoms with Gasteiger partial charge in [0.15, 0.2) is 5.96 Å². The summed E-state index contributed by atoms with van der Waals surface area (Å²) < 4.78 is 1.86. The molecule has 1 atom stereocenters. The van der Waals surface area contributed by atoms with Crippen molar-refractivity contribution >= 4 is 35.8 Å².